The van der Waals surface area contributed by atoms with E-state index in [-0.39, 0.29) is 5.41 Å². The molecule has 1 heterocycles. The topological polar surface area (TPSA) is 62.5 Å². The molecule has 1 fully saturated rings. The minimum Gasteiger partial charge on any atom is -0.444 e. The molecule has 0 bridgehead atoms. The normalized spacial score (nSPS) is 15.2. The molecule has 0 saturated heterocycles. The number of aromatic nitrogens is 1. The molecule has 0 radical (unpaired) electrons. The highest BCUT2D eigenvalue weighted by atomic mass is 16.3. The molecule has 0 amide bonds. The first-order valence-electron chi connectivity index (χ1n) is 10.2. The number of nitrogens with zero attached hydrogens (tertiary/aromatic N) is 2. The van der Waals surface area contributed by atoms with Crippen LogP contribution in [-0.2, 0) is 11.8 Å². The minimum atomic E-state index is 0.258. The zero-order valence-electron chi connectivity index (χ0n) is 17.1. The number of hydrogen-bond donors (Lipinski definition) is 2. The Labute approximate surface area is 172 Å². The van der Waals surface area contributed by atoms with Crippen LogP contribution in [0.2, 0.25) is 0 Å². The van der Waals surface area contributed by atoms with Crippen molar-refractivity contribution in [2.75, 3.05) is 20.1 Å². The SMILES string of the molecule is CN=C(NCCc1coc(-c2ccc(C)cc2)n1)NCC1(c2ccccc2)CC1. The summed E-state index contributed by atoms with van der Waals surface area (Å²) in [5.74, 6) is 1.50. The van der Waals surface area contributed by atoms with Crippen molar-refractivity contribution < 1.29 is 4.42 Å². The number of guanidine groups is 1. The van der Waals surface area contributed by atoms with Gasteiger partial charge >= 0.3 is 0 Å². The maximum atomic E-state index is 5.64. The van der Waals surface area contributed by atoms with Gasteiger partial charge in [-0.2, -0.15) is 0 Å². The number of aryl methyl sites for hydroxylation is 1. The van der Waals surface area contributed by atoms with Gasteiger partial charge in [0.05, 0.1) is 5.69 Å². The van der Waals surface area contributed by atoms with Crippen molar-refractivity contribution in [1.29, 1.82) is 0 Å². The third kappa shape index (κ3) is 4.67. The van der Waals surface area contributed by atoms with E-state index >= 15 is 0 Å². The van der Waals surface area contributed by atoms with Crippen molar-refractivity contribution >= 4 is 5.96 Å². The summed E-state index contributed by atoms with van der Waals surface area (Å²) in [6.07, 6.45) is 4.96. The zero-order valence-corrected chi connectivity index (χ0v) is 17.1. The quantitative estimate of drug-likeness (QED) is 0.473. The van der Waals surface area contributed by atoms with E-state index in [0.717, 1.165) is 36.7 Å². The third-order valence-electron chi connectivity index (χ3n) is 5.58. The fraction of sp³-hybridized carbons (Fsp3) is 0.333. The fourth-order valence-corrected chi connectivity index (χ4v) is 3.54. The molecule has 5 nitrogen and oxygen atoms in total. The van der Waals surface area contributed by atoms with Gasteiger partial charge in [-0.05, 0) is 37.5 Å². The molecule has 0 spiro atoms. The van der Waals surface area contributed by atoms with Crippen LogP contribution < -0.4 is 10.6 Å². The van der Waals surface area contributed by atoms with Crippen LogP contribution in [0.15, 0.2) is 70.3 Å². The number of benzene rings is 2. The van der Waals surface area contributed by atoms with Crippen molar-refractivity contribution in [1.82, 2.24) is 15.6 Å². The number of aliphatic imine (C=N–C) groups is 1. The highest BCUT2D eigenvalue weighted by Gasteiger charge is 2.43. The molecule has 1 saturated carbocycles. The molecular formula is C24H28N4O. The van der Waals surface area contributed by atoms with Crippen LogP contribution >= 0.6 is 0 Å². The summed E-state index contributed by atoms with van der Waals surface area (Å²) in [7, 11) is 1.81. The smallest absolute Gasteiger partial charge is 0.226 e. The standard InChI is InChI=1S/C24H28N4O/c1-18-8-10-19(11-9-18)22-28-21(16-29-22)12-15-26-23(25-2)27-17-24(13-14-24)20-6-4-3-5-7-20/h3-11,16H,12-15,17H2,1-2H3,(H2,25,26,27). The van der Waals surface area contributed by atoms with Gasteiger partial charge in [0.2, 0.25) is 5.89 Å². The predicted octanol–water partition coefficient (Wildman–Crippen LogP) is 4.09. The monoisotopic (exact) mass is 388 g/mol. The van der Waals surface area contributed by atoms with E-state index in [4.69, 9.17) is 4.42 Å². The molecule has 1 aromatic heterocycles. The molecule has 3 aromatic rings. The van der Waals surface area contributed by atoms with E-state index in [1.54, 1.807) is 6.26 Å². The second-order valence-electron chi connectivity index (χ2n) is 7.76. The lowest BCUT2D eigenvalue weighted by Gasteiger charge is -2.19. The Balaban J connectivity index is 1.26. The Bertz CT molecular complexity index is 956. The van der Waals surface area contributed by atoms with Gasteiger partial charge in [0, 0.05) is 37.5 Å². The van der Waals surface area contributed by atoms with Crippen molar-refractivity contribution in [3.8, 4) is 11.5 Å². The average molecular weight is 389 g/mol. The lowest BCUT2D eigenvalue weighted by atomic mass is 9.96. The van der Waals surface area contributed by atoms with Gasteiger partial charge in [-0.3, -0.25) is 4.99 Å². The minimum absolute atomic E-state index is 0.258. The summed E-state index contributed by atoms with van der Waals surface area (Å²) in [4.78, 5) is 8.96. The maximum absolute atomic E-state index is 5.64. The molecule has 1 aliphatic carbocycles. The molecule has 4 rings (SSSR count). The molecule has 0 atom stereocenters. The number of hydrogen-bond acceptors (Lipinski definition) is 3. The Kier molecular flexibility index (Phi) is 5.65. The molecule has 29 heavy (non-hydrogen) atoms. The highest BCUT2D eigenvalue weighted by molar-refractivity contribution is 5.79. The van der Waals surface area contributed by atoms with Crippen LogP contribution in [0.3, 0.4) is 0 Å². The largest absolute Gasteiger partial charge is 0.444 e. The van der Waals surface area contributed by atoms with Crippen LogP contribution in [0.25, 0.3) is 11.5 Å². The summed E-state index contributed by atoms with van der Waals surface area (Å²) >= 11 is 0. The lowest BCUT2D eigenvalue weighted by molar-refractivity contribution is 0.572. The Morgan fingerprint density at radius 2 is 1.83 bits per heavy atom. The predicted molar refractivity (Wildman–Crippen MR) is 117 cm³/mol. The average Bonchev–Trinajstić information content (AvgIpc) is 3.41. The molecule has 1 aliphatic rings. The molecule has 0 unspecified atom stereocenters. The van der Waals surface area contributed by atoms with Crippen molar-refractivity contribution in [3.63, 3.8) is 0 Å². The van der Waals surface area contributed by atoms with E-state index in [9.17, 15) is 0 Å². The molecule has 0 aliphatic heterocycles. The van der Waals surface area contributed by atoms with E-state index in [0.29, 0.717) is 5.89 Å². The van der Waals surface area contributed by atoms with Crippen LogP contribution in [0, 0.1) is 6.92 Å². The van der Waals surface area contributed by atoms with Crippen LogP contribution in [0.4, 0.5) is 0 Å². The Morgan fingerprint density at radius 1 is 1.07 bits per heavy atom. The van der Waals surface area contributed by atoms with Gasteiger partial charge in [-0.25, -0.2) is 4.98 Å². The molecular weight excluding hydrogens is 360 g/mol. The number of nitrogens with one attached hydrogen (secondary N) is 2. The van der Waals surface area contributed by atoms with E-state index in [1.165, 1.54) is 24.0 Å². The first-order valence-corrected chi connectivity index (χ1v) is 10.2. The highest BCUT2D eigenvalue weighted by Crippen LogP contribution is 2.47. The number of rotatable bonds is 7. The second-order valence-corrected chi connectivity index (χ2v) is 7.76. The van der Waals surface area contributed by atoms with Gasteiger partial charge in [0.15, 0.2) is 5.96 Å². The lowest BCUT2D eigenvalue weighted by Crippen LogP contribution is -2.42. The molecule has 2 aromatic carbocycles. The number of oxazole rings is 1. The van der Waals surface area contributed by atoms with Gasteiger partial charge < -0.3 is 15.1 Å². The van der Waals surface area contributed by atoms with Crippen molar-refractivity contribution in [2.45, 2.75) is 31.6 Å². The first-order chi connectivity index (χ1) is 14.2. The Hall–Kier alpha value is -3.08. The second kappa shape index (κ2) is 8.52. The van der Waals surface area contributed by atoms with Gasteiger partial charge in [0.25, 0.3) is 0 Å². The molecule has 2 N–H and O–H groups in total. The summed E-state index contributed by atoms with van der Waals surface area (Å²) in [6, 6.07) is 19.0. The van der Waals surface area contributed by atoms with Gasteiger partial charge in [-0.15, -0.1) is 0 Å². The fourth-order valence-electron chi connectivity index (χ4n) is 3.54. The summed E-state index contributed by atoms with van der Waals surface area (Å²) in [6.45, 7) is 3.72. The first kappa shape index (κ1) is 19.2. The van der Waals surface area contributed by atoms with Crippen LogP contribution in [-0.4, -0.2) is 31.1 Å². The summed E-state index contributed by atoms with van der Waals surface area (Å²) in [5, 5.41) is 6.87. The third-order valence-corrected chi connectivity index (χ3v) is 5.58. The summed E-state index contributed by atoms with van der Waals surface area (Å²) < 4.78 is 5.64. The Morgan fingerprint density at radius 3 is 2.52 bits per heavy atom. The van der Waals surface area contributed by atoms with Crippen LogP contribution in [0.5, 0.6) is 0 Å². The van der Waals surface area contributed by atoms with Gasteiger partial charge in [-0.1, -0.05) is 48.0 Å². The summed E-state index contributed by atoms with van der Waals surface area (Å²) in [5.41, 5.74) is 4.83. The zero-order chi connectivity index (χ0) is 20.1. The van der Waals surface area contributed by atoms with E-state index in [1.807, 2.05) is 19.2 Å². The molecule has 5 heteroatoms. The van der Waals surface area contributed by atoms with Crippen molar-refractivity contribution in [3.05, 3.63) is 77.7 Å². The van der Waals surface area contributed by atoms with E-state index in [2.05, 4.69) is 70.0 Å². The van der Waals surface area contributed by atoms with E-state index < -0.39 is 0 Å². The van der Waals surface area contributed by atoms with Crippen LogP contribution in [0.1, 0.15) is 29.7 Å². The maximum Gasteiger partial charge on any atom is 0.226 e. The van der Waals surface area contributed by atoms with Gasteiger partial charge in [0.1, 0.15) is 6.26 Å². The molecule has 150 valence electrons. The van der Waals surface area contributed by atoms with Crippen molar-refractivity contribution in [2.24, 2.45) is 4.99 Å².